The van der Waals surface area contributed by atoms with Crippen LogP contribution >= 0.6 is 0 Å². The lowest BCUT2D eigenvalue weighted by molar-refractivity contribution is -0.0260. The highest BCUT2D eigenvalue weighted by Crippen LogP contribution is 2.19. The molecule has 2 N–H and O–H groups in total. The molecule has 5 rings (SSSR count). The first-order valence-corrected chi connectivity index (χ1v) is 10.4. The lowest BCUT2D eigenvalue weighted by atomic mass is 10.0. The minimum absolute atomic E-state index is 0.216. The molecular formula is C22H23N7O3. The summed E-state index contributed by atoms with van der Waals surface area (Å²) in [5, 5.41) is 21.4. The fourth-order valence-electron chi connectivity index (χ4n) is 3.87. The quantitative estimate of drug-likeness (QED) is 0.482. The number of ether oxygens (including phenoxy) is 1. The van der Waals surface area contributed by atoms with Gasteiger partial charge in [0.1, 0.15) is 6.33 Å². The molecule has 0 radical (unpaired) electrons. The summed E-state index contributed by atoms with van der Waals surface area (Å²) in [5.41, 5.74) is 4.59. The van der Waals surface area contributed by atoms with Crippen LogP contribution in [0.15, 0.2) is 49.3 Å². The molecule has 0 aromatic carbocycles. The van der Waals surface area contributed by atoms with Crippen molar-refractivity contribution in [2.24, 2.45) is 7.05 Å². The zero-order chi connectivity index (χ0) is 22.1. The third-order valence-electron chi connectivity index (χ3n) is 5.55. The molecule has 10 heteroatoms. The van der Waals surface area contributed by atoms with Gasteiger partial charge in [0.25, 0.3) is 5.91 Å². The number of aryl methyl sites for hydroxylation is 1. The Balaban J connectivity index is 1.38. The smallest absolute Gasteiger partial charge is 0.255 e. The van der Waals surface area contributed by atoms with Crippen molar-refractivity contribution < 1.29 is 14.6 Å². The van der Waals surface area contributed by atoms with Gasteiger partial charge in [-0.3, -0.25) is 14.5 Å². The van der Waals surface area contributed by atoms with E-state index in [1.165, 1.54) is 6.33 Å². The molecule has 0 unspecified atom stereocenters. The summed E-state index contributed by atoms with van der Waals surface area (Å²) in [4.78, 5) is 21.8. The number of aromatic nitrogens is 6. The summed E-state index contributed by atoms with van der Waals surface area (Å²) >= 11 is 0. The predicted octanol–water partition coefficient (Wildman–Crippen LogP) is 0.995. The number of rotatable bonds is 5. The molecule has 0 bridgehead atoms. The molecule has 4 aromatic heterocycles. The standard InChI is InChI=1S/C22H23N7O3/c1-28-11-16(9-25-28)18-3-2-14(8-23-18)6-15-7-17(21-24-13-26-29(21)10-15)22(31)27-19-4-5-32-12-20(19)30/h2-3,7-11,13,19-20,30H,4-6,12H2,1H3,(H,27,31)/t19-,20-/m0/s1. The largest absolute Gasteiger partial charge is 0.389 e. The Bertz CT molecular complexity index is 1250. The van der Waals surface area contributed by atoms with Crippen molar-refractivity contribution in [3.05, 3.63) is 66.0 Å². The van der Waals surface area contributed by atoms with E-state index in [4.69, 9.17) is 4.74 Å². The molecular weight excluding hydrogens is 410 g/mol. The molecule has 1 aliphatic rings. The van der Waals surface area contributed by atoms with Crippen LogP contribution in [0.25, 0.3) is 16.9 Å². The van der Waals surface area contributed by atoms with Gasteiger partial charge in [-0.25, -0.2) is 9.50 Å². The highest BCUT2D eigenvalue weighted by atomic mass is 16.5. The van der Waals surface area contributed by atoms with Crippen molar-refractivity contribution in [3.63, 3.8) is 0 Å². The Morgan fingerprint density at radius 1 is 1.22 bits per heavy atom. The zero-order valence-electron chi connectivity index (χ0n) is 17.5. The highest BCUT2D eigenvalue weighted by molar-refractivity contribution is 6.00. The van der Waals surface area contributed by atoms with Crippen LogP contribution in [-0.2, 0) is 18.2 Å². The summed E-state index contributed by atoms with van der Waals surface area (Å²) in [5.74, 6) is -0.291. The average molecular weight is 433 g/mol. The molecule has 1 fully saturated rings. The maximum Gasteiger partial charge on any atom is 0.255 e. The number of hydrogen-bond acceptors (Lipinski definition) is 7. The Hall–Kier alpha value is -3.63. The third kappa shape index (κ3) is 4.10. The van der Waals surface area contributed by atoms with Gasteiger partial charge >= 0.3 is 0 Å². The molecule has 2 atom stereocenters. The van der Waals surface area contributed by atoms with Crippen molar-refractivity contribution in [3.8, 4) is 11.3 Å². The van der Waals surface area contributed by atoms with E-state index in [0.29, 0.717) is 30.7 Å². The number of carbonyl (C=O) groups is 1. The fraction of sp³-hybridized carbons (Fsp3) is 0.318. The molecule has 1 amide bonds. The Kier molecular flexibility index (Phi) is 5.38. The first-order chi connectivity index (χ1) is 15.6. The van der Waals surface area contributed by atoms with Crippen LogP contribution in [0.5, 0.6) is 0 Å². The molecule has 5 heterocycles. The number of nitrogens with zero attached hydrogens (tertiary/aromatic N) is 6. The average Bonchev–Trinajstić information content (AvgIpc) is 3.44. The molecule has 4 aromatic rings. The van der Waals surface area contributed by atoms with Gasteiger partial charge in [-0.1, -0.05) is 6.07 Å². The van der Waals surface area contributed by atoms with Crippen molar-refractivity contribution in [2.75, 3.05) is 13.2 Å². The number of amides is 1. The van der Waals surface area contributed by atoms with E-state index >= 15 is 0 Å². The van der Waals surface area contributed by atoms with E-state index in [9.17, 15) is 9.90 Å². The summed E-state index contributed by atoms with van der Waals surface area (Å²) in [6.07, 6.45) is 9.21. The van der Waals surface area contributed by atoms with Gasteiger partial charge in [0, 0.05) is 44.2 Å². The lowest BCUT2D eigenvalue weighted by Gasteiger charge is -2.28. The molecule has 32 heavy (non-hydrogen) atoms. The number of hydrogen-bond donors (Lipinski definition) is 2. The van der Waals surface area contributed by atoms with E-state index in [1.807, 2.05) is 43.8 Å². The van der Waals surface area contributed by atoms with Gasteiger partial charge in [-0.2, -0.15) is 10.2 Å². The van der Waals surface area contributed by atoms with Gasteiger partial charge in [-0.15, -0.1) is 0 Å². The maximum atomic E-state index is 13.0. The summed E-state index contributed by atoms with van der Waals surface area (Å²) in [7, 11) is 1.87. The van der Waals surface area contributed by atoms with E-state index in [-0.39, 0.29) is 18.6 Å². The fourth-order valence-corrected chi connectivity index (χ4v) is 3.87. The summed E-state index contributed by atoms with van der Waals surface area (Å²) in [6, 6.07) is 5.44. The van der Waals surface area contributed by atoms with E-state index in [0.717, 1.165) is 22.4 Å². The van der Waals surface area contributed by atoms with Gasteiger partial charge < -0.3 is 15.2 Å². The molecule has 10 nitrogen and oxygen atoms in total. The normalized spacial score (nSPS) is 18.7. The molecule has 1 saturated heterocycles. The van der Waals surface area contributed by atoms with E-state index in [1.54, 1.807) is 15.4 Å². The summed E-state index contributed by atoms with van der Waals surface area (Å²) in [6.45, 7) is 0.720. The number of aliphatic hydroxyl groups is 1. The topological polar surface area (TPSA) is 119 Å². The van der Waals surface area contributed by atoms with Crippen LogP contribution in [0.3, 0.4) is 0 Å². The monoisotopic (exact) mass is 433 g/mol. The second-order valence-corrected chi connectivity index (χ2v) is 7.93. The predicted molar refractivity (Wildman–Crippen MR) is 115 cm³/mol. The third-order valence-corrected chi connectivity index (χ3v) is 5.55. The second-order valence-electron chi connectivity index (χ2n) is 7.93. The lowest BCUT2D eigenvalue weighted by Crippen LogP contribution is -2.48. The minimum Gasteiger partial charge on any atom is -0.389 e. The van der Waals surface area contributed by atoms with Crippen LogP contribution in [0.1, 0.15) is 27.9 Å². The van der Waals surface area contributed by atoms with Crippen LogP contribution in [0, 0.1) is 0 Å². The van der Waals surface area contributed by atoms with Crippen molar-refractivity contribution in [1.82, 2.24) is 34.7 Å². The number of nitrogens with one attached hydrogen (secondary N) is 1. The van der Waals surface area contributed by atoms with Crippen LogP contribution in [0.2, 0.25) is 0 Å². The Morgan fingerprint density at radius 3 is 2.88 bits per heavy atom. The Labute approximate surface area is 183 Å². The summed E-state index contributed by atoms with van der Waals surface area (Å²) < 4.78 is 8.58. The van der Waals surface area contributed by atoms with Gasteiger partial charge in [0.15, 0.2) is 5.65 Å². The molecule has 0 aliphatic carbocycles. The van der Waals surface area contributed by atoms with Gasteiger partial charge in [0.2, 0.25) is 0 Å². The SMILES string of the molecule is Cn1cc(-c2ccc(Cc3cc(C(=O)N[C@H]4CCOC[C@@H]4O)c4ncnn4c3)cn2)cn1. The first-order valence-electron chi connectivity index (χ1n) is 10.4. The second kappa shape index (κ2) is 8.48. The Morgan fingerprint density at radius 2 is 2.12 bits per heavy atom. The van der Waals surface area contributed by atoms with Crippen molar-refractivity contribution >= 4 is 11.6 Å². The minimum atomic E-state index is -0.728. The van der Waals surface area contributed by atoms with Crippen LogP contribution < -0.4 is 5.32 Å². The highest BCUT2D eigenvalue weighted by Gasteiger charge is 2.26. The number of pyridine rings is 2. The van der Waals surface area contributed by atoms with Gasteiger partial charge in [0.05, 0.1) is 36.2 Å². The number of carbonyl (C=O) groups excluding carboxylic acids is 1. The van der Waals surface area contributed by atoms with Crippen molar-refractivity contribution in [2.45, 2.75) is 25.0 Å². The zero-order valence-corrected chi connectivity index (χ0v) is 17.5. The van der Waals surface area contributed by atoms with Gasteiger partial charge in [-0.05, 0) is 29.7 Å². The molecule has 0 spiro atoms. The molecule has 1 aliphatic heterocycles. The first kappa shape index (κ1) is 20.3. The van der Waals surface area contributed by atoms with Crippen LogP contribution in [0.4, 0.5) is 0 Å². The van der Waals surface area contributed by atoms with E-state index in [2.05, 4.69) is 25.5 Å². The maximum absolute atomic E-state index is 13.0. The molecule has 0 saturated carbocycles. The number of fused-ring (bicyclic) bond motifs is 1. The number of aliphatic hydroxyl groups excluding tert-OH is 1. The molecule has 164 valence electrons. The van der Waals surface area contributed by atoms with Crippen LogP contribution in [-0.4, -0.2) is 65.7 Å². The van der Waals surface area contributed by atoms with Crippen molar-refractivity contribution in [1.29, 1.82) is 0 Å². The van der Waals surface area contributed by atoms with E-state index < -0.39 is 6.10 Å².